The highest BCUT2D eigenvalue weighted by atomic mass is 35.5. The molecule has 0 aliphatic carbocycles. The van der Waals surface area contributed by atoms with E-state index in [1.165, 1.54) is 0 Å². The molecule has 0 aromatic carbocycles. The van der Waals surface area contributed by atoms with E-state index in [9.17, 15) is 4.79 Å². The van der Waals surface area contributed by atoms with E-state index in [4.69, 9.17) is 16.7 Å². The first kappa shape index (κ1) is 12.1. The number of aliphatic carboxylic acids is 1. The van der Waals surface area contributed by atoms with Crippen LogP contribution in [-0.4, -0.2) is 34.1 Å². The van der Waals surface area contributed by atoms with Gasteiger partial charge in [-0.2, -0.15) is 0 Å². The van der Waals surface area contributed by atoms with E-state index in [2.05, 4.69) is 9.97 Å². The molecule has 0 amide bonds. The summed E-state index contributed by atoms with van der Waals surface area (Å²) in [4.78, 5) is 21.2. The van der Waals surface area contributed by atoms with Crippen molar-refractivity contribution in [2.24, 2.45) is 5.92 Å². The molecule has 1 fully saturated rings. The Balaban J connectivity index is 2.16. The second kappa shape index (κ2) is 4.87. The zero-order chi connectivity index (χ0) is 12.4. The molecule has 2 rings (SSSR count). The summed E-state index contributed by atoms with van der Waals surface area (Å²) in [6.45, 7) is 3.07. The molecule has 0 radical (unpaired) electrons. The topological polar surface area (TPSA) is 66.3 Å². The third kappa shape index (κ3) is 2.66. The van der Waals surface area contributed by atoms with E-state index in [-0.39, 0.29) is 5.92 Å². The largest absolute Gasteiger partial charge is 0.481 e. The number of halogens is 1. The van der Waals surface area contributed by atoms with Crippen LogP contribution in [0.4, 0.5) is 5.95 Å². The molecule has 17 heavy (non-hydrogen) atoms. The minimum atomic E-state index is -0.757. The van der Waals surface area contributed by atoms with Gasteiger partial charge in [-0.05, 0) is 19.8 Å². The van der Waals surface area contributed by atoms with Crippen LogP contribution >= 0.6 is 11.6 Å². The van der Waals surface area contributed by atoms with Crippen molar-refractivity contribution in [2.75, 3.05) is 18.0 Å². The van der Waals surface area contributed by atoms with Crippen LogP contribution in [0.25, 0.3) is 0 Å². The predicted molar refractivity (Wildman–Crippen MR) is 64.4 cm³/mol. The third-order valence-electron chi connectivity index (χ3n) is 2.95. The van der Waals surface area contributed by atoms with Gasteiger partial charge in [0.15, 0.2) is 0 Å². The number of rotatable bonds is 2. The lowest BCUT2D eigenvalue weighted by atomic mass is 9.99. The minimum Gasteiger partial charge on any atom is -0.481 e. The van der Waals surface area contributed by atoms with Crippen LogP contribution in [0.5, 0.6) is 0 Å². The van der Waals surface area contributed by atoms with Crippen molar-refractivity contribution in [3.05, 3.63) is 16.9 Å². The predicted octanol–water partition coefficient (Wildman–Crippen LogP) is 1.74. The van der Waals surface area contributed by atoms with Crippen LogP contribution < -0.4 is 4.90 Å². The van der Waals surface area contributed by atoms with Crippen molar-refractivity contribution in [3.8, 4) is 0 Å². The standard InChI is InChI=1S/C11H14ClN3O2/c1-7-5-13-11(14-9(7)12)15-4-2-3-8(6-15)10(16)17/h5,8H,2-4,6H2,1H3,(H,16,17). The van der Waals surface area contributed by atoms with Gasteiger partial charge < -0.3 is 10.0 Å². The summed E-state index contributed by atoms with van der Waals surface area (Å²) >= 11 is 5.94. The second-order valence-electron chi connectivity index (χ2n) is 4.27. The van der Waals surface area contributed by atoms with Crippen LogP contribution in [0.3, 0.4) is 0 Å². The number of carboxylic acids is 1. The van der Waals surface area contributed by atoms with Gasteiger partial charge in [0.25, 0.3) is 0 Å². The zero-order valence-electron chi connectivity index (χ0n) is 9.56. The lowest BCUT2D eigenvalue weighted by Gasteiger charge is -2.30. The lowest BCUT2D eigenvalue weighted by Crippen LogP contribution is -2.39. The maximum absolute atomic E-state index is 11.0. The molecule has 1 aliphatic rings. The number of nitrogens with zero attached hydrogens (tertiary/aromatic N) is 3. The Bertz CT molecular complexity index is 439. The van der Waals surface area contributed by atoms with E-state index >= 15 is 0 Å². The Hall–Kier alpha value is -1.36. The number of hydrogen-bond donors (Lipinski definition) is 1. The van der Waals surface area contributed by atoms with Crippen LogP contribution in [0.15, 0.2) is 6.20 Å². The molecule has 1 aromatic rings. The van der Waals surface area contributed by atoms with Gasteiger partial charge in [0.05, 0.1) is 5.92 Å². The molecular weight excluding hydrogens is 242 g/mol. The molecule has 1 saturated heterocycles. The van der Waals surface area contributed by atoms with Crippen molar-refractivity contribution in [1.29, 1.82) is 0 Å². The number of hydrogen-bond acceptors (Lipinski definition) is 4. The van der Waals surface area contributed by atoms with Crippen molar-refractivity contribution in [3.63, 3.8) is 0 Å². The van der Waals surface area contributed by atoms with Gasteiger partial charge in [-0.3, -0.25) is 4.79 Å². The average Bonchev–Trinajstić information content (AvgIpc) is 2.33. The van der Waals surface area contributed by atoms with E-state index < -0.39 is 5.97 Å². The Morgan fingerprint density at radius 2 is 2.41 bits per heavy atom. The number of carbonyl (C=O) groups is 1. The first-order valence-electron chi connectivity index (χ1n) is 5.55. The van der Waals surface area contributed by atoms with Crippen LogP contribution in [-0.2, 0) is 4.79 Å². The Labute approximate surface area is 104 Å². The maximum Gasteiger partial charge on any atom is 0.308 e. The minimum absolute atomic E-state index is 0.340. The summed E-state index contributed by atoms with van der Waals surface area (Å²) in [6.07, 6.45) is 3.21. The highest BCUT2D eigenvalue weighted by molar-refractivity contribution is 6.30. The van der Waals surface area contributed by atoms with Gasteiger partial charge in [-0.25, -0.2) is 9.97 Å². The van der Waals surface area contributed by atoms with Crippen molar-refractivity contribution in [1.82, 2.24) is 9.97 Å². The third-order valence-corrected chi connectivity index (χ3v) is 3.33. The van der Waals surface area contributed by atoms with Gasteiger partial charge >= 0.3 is 5.97 Å². The van der Waals surface area contributed by atoms with E-state index in [0.29, 0.717) is 24.1 Å². The molecule has 1 aromatic heterocycles. The SMILES string of the molecule is Cc1cnc(N2CCCC(C(=O)O)C2)nc1Cl. The van der Waals surface area contributed by atoms with Crippen LogP contribution in [0.1, 0.15) is 18.4 Å². The molecule has 1 N–H and O–H groups in total. The fraction of sp³-hybridized carbons (Fsp3) is 0.545. The summed E-state index contributed by atoms with van der Waals surface area (Å²) in [7, 11) is 0. The number of aryl methyl sites for hydroxylation is 1. The van der Waals surface area contributed by atoms with E-state index in [0.717, 1.165) is 18.5 Å². The maximum atomic E-state index is 11.0. The van der Waals surface area contributed by atoms with E-state index in [1.807, 2.05) is 11.8 Å². The Kier molecular flexibility index (Phi) is 3.47. The fourth-order valence-electron chi connectivity index (χ4n) is 1.93. The van der Waals surface area contributed by atoms with Crippen LogP contribution in [0.2, 0.25) is 5.15 Å². The summed E-state index contributed by atoms with van der Waals surface area (Å²) in [5.74, 6) is -0.577. The quantitative estimate of drug-likeness (QED) is 0.816. The number of anilines is 1. The first-order valence-corrected chi connectivity index (χ1v) is 5.92. The summed E-state index contributed by atoms with van der Waals surface area (Å²) in [5.41, 5.74) is 0.821. The van der Waals surface area contributed by atoms with Gasteiger partial charge in [-0.15, -0.1) is 0 Å². The Morgan fingerprint density at radius 3 is 3.06 bits per heavy atom. The number of carboxylic acid groups (broad SMARTS) is 1. The van der Waals surface area contributed by atoms with Gasteiger partial charge in [0.2, 0.25) is 5.95 Å². The molecule has 5 nitrogen and oxygen atoms in total. The van der Waals surface area contributed by atoms with Crippen molar-refractivity contribution < 1.29 is 9.90 Å². The van der Waals surface area contributed by atoms with Crippen molar-refractivity contribution >= 4 is 23.5 Å². The fourth-order valence-corrected chi connectivity index (χ4v) is 2.05. The molecule has 1 unspecified atom stereocenters. The smallest absolute Gasteiger partial charge is 0.308 e. The normalized spacial score (nSPS) is 20.4. The van der Waals surface area contributed by atoms with Crippen molar-refractivity contribution in [2.45, 2.75) is 19.8 Å². The van der Waals surface area contributed by atoms with Gasteiger partial charge in [0, 0.05) is 24.8 Å². The van der Waals surface area contributed by atoms with Crippen LogP contribution in [0, 0.1) is 12.8 Å². The monoisotopic (exact) mass is 255 g/mol. The zero-order valence-corrected chi connectivity index (χ0v) is 10.3. The molecule has 0 bridgehead atoms. The Morgan fingerprint density at radius 1 is 1.65 bits per heavy atom. The number of aromatic nitrogens is 2. The highest BCUT2D eigenvalue weighted by Gasteiger charge is 2.26. The molecule has 0 spiro atoms. The molecule has 2 heterocycles. The molecule has 6 heteroatoms. The molecule has 1 aliphatic heterocycles. The summed E-state index contributed by atoms with van der Waals surface area (Å²) < 4.78 is 0. The van der Waals surface area contributed by atoms with Gasteiger partial charge in [-0.1, -0.05) is 11.6 Å². The number of piperidine rings is 1. The molecular formula is C11H14ClN3O2. The highest BCUT2D eigenvalue weighted by Crippen LogP contribution is 2.22. The van der Waals surface area contributed by atoms with Gasteiger partial charge in [0.1, 0.15) is 5.15 Å². The summed E-state index contributed by atoms with van der Waals surface area (Å²) in [5, 5.41) is 9.43. The summed E-state index contributed by atoms with van der Waals surface area (Å²) in [6, 6.07) is 0. The molecule has 0 saturated carbocycles. The second-order valence-corrected chi connectivity index (χ2v) is 4.63. The van der Waals surface area contributed by atoms with E-state index in [1.54, 1.807) is 6.20 Å². The molecule has 1 atom stereocenters. The average molecular weight is 256 g/mol. The first-order chi connectivity index (χ1) is 8.08. The molecule has 92 valence electrons. The lowest BCUT2D eigenvalue weighted by molar-refractivity contribution is -0.141.